The van der Waals surface area contributed by atoms with E-state index in [0.717, 1.165) is 23.9 Å². The van der Waals surface area contributed by atoms with Crippen LogP contribution in [0, 0.1) is 0 Å². The zero-order valence-electron chi connectivity index (χ0n) is 14.9. The first-order valence-corrected chi connectivity index (χ1v) is 9.20. The third-order valence-electron chi connectivity index (χ3n) is 5.15. The number of para-hydroxylation sites is 2. The Morgan fingerprint density at radius 3 is 2.54 bits per heavy atom. The second kappa shape index (κ2) is 6.82. The summed E-state index contributed by atoms with van der Waals surface area (Å²) in [6.45, 7) is 2.49. The van der Waals surface area contributed by atoms with E-state index in [0.29, 0.717) is 18.4 Å². The lowest BCUT2D eigenvalue weighted by atomic mass is 10.2. The molecular weight excluding hydrogens is 330 g/mol. The number of benzene rings is 1. The predicted molar refractivity (Wildman–Crippen MR) is 100 cm³/mol. The summed E-state index contributed by atoms with van der Waals surface area (Å²) in [5.74, 6) is 0.486. The highest BCUT2D eigenvalue weighted by Crippen LogP contribution is 2.31. The fourth-order valence-electron chi connectivity index (χ4n) is 3.91. The summed E-state index contributed by atoms with van der Waals surface area (Å²) in [6.07, 6.45) is 6.29. The van der Waals surface area contributed by atoms with Crippen molar-refractivity contribution in [3.8, 4) is 0 Å². The van der Waals surface area contributed by atoms with Crippen LogP contribution in [0.2, 0.25) is 0 Å². The van der Waals surface area contributed by atoms with Gasteiger partial charge in [0.25, 0.3) is 0 Å². The van der Waals surface area contributed by atoms with E-state index in [1.807, 2.05) is 41.9 Å². The normalized spacial score (nSPS) is 15.0. The molecule has 1 N–H and O–H groups in total. The van der Waals surface area contributed by atoms with E-state index in [9.17, 15) is 9.59 Å². The molecule has 2 heterocycles. The second-order valence-electron chi connectivity index (χ2n) is 6.75. The molecule has 0 unspecified atom stereocenters. The molecule has 0 atom stereocenters. The summed E-state index contributed by atoms with van der Waals surface area (Å²) in [7, 11) is 0. The number of carbonyl (C=O) groups excluding carboxylic acids is 1. The number of imidazole rings is 1. The van der Waals surface area contributed by atoms with Gasteiger partial charge in [-0.1, -0.05) is 25.0 Å². The Morgan fingerprint density at radius 1 is 1.15 bits per heavy atom. The third kappa shape index (κ3) is 2.83. The van der Waals surface area contributed by atoms with Crippen molar-refractivity contribution < 1.29 is 4.79 Å². The molecule has 7 heteroatoms. The van der Waals surface area contributed by atoms with Gasteiger partial charge >= 0.3 is 5.69 Å². The lowest BCUT2D eigenvalue weighted by Gasteiger charge is -2.14. The van der Waals surface area contributed by atoms with Crippen molar-refractivity contribution in [1.29, 1.82) is 0 Å². The van der Waals surface area contributed by atoms with E-state index in [-0.39, 0.29) is 18.1 Å². The van der Waals surface area contributed by atoms with Crippen LogP contribution in [-0.2, 0) is 17.9 Å². The highest BCUT2D eigenvalue weighted by atomic mass is 16.2. The Balaban J connectivity index is 1.58. The molecule has 0 aliphatic heterocycles. The Labute approximate surface area is 151 Å². The van der Waals surface area contributed by atoms with Crippen LogP contribution in [0.5, 0.6) is 0 Å². The minimum Gasteiger partial charge on any atom is -0.309 e. The summed E-state index contributed by atoms with van der Waals surface area (Å²) in [4.78, 5) is 25.3. The maximum Gasteiger partial charge on any atom is 0.329 e. The highest BCUT2D eigenvalue weighted by Gasteiger charge is 2.21. The summed E-state index contributed by atoms with van der Waals surface area (Å²) >= 11 is 0. The third-order valence-corrected chi connectivity index (χ3v) is 5.15. The van der Waals surface area contributed by atoms with Gasteiger partial charge in [-0.3, -0.25) is 13.9 Å². The molecule has 1 aliphatic rings. The predicted octanol–water partition coefficient (Wildman–Crippen LogP) is 2.77. The monoisotopic (exact) mass is 353 g/mol. The zero-order valence-corrected chi connectivity index (χ0v) is 14.9. The van der Waals surface area contributed by atoms with Crippen molar-refractivity contribution in [2.24, 2.45) is 0 Å². The van der Waals surface area contributed by atoms with Crippen LogP contribution < -0.4 is 11.0 Å². The number of anilines is 1. The molecule has 7 nitrogen and oxygen atoms in total. The Bertz CT molecular complexity index is 991. The van der Waals surface area contributed by atoms with E-state index in [1.54, 1.807) is 10.8 Å². The van der Waals surface area contributed by atoms with Crippen LogP contribution >= 0.6 is 0 Å². The second-order valence-corrected chi connectivity index (χ2v) is 6.75. The zero-order chi connectivity index (χ0) is 18.1. The SMILES string of the molecule is CCn1c(=O)n(CC(=O)Nc2ccnn2C2CCCC2)c2ccccc21. The van der Waals surface area contributed by atoms with E-state index in [2.05, 4.69) is 10.4 Å². The lowest BCUT2D eigenvalue weighted by molar-refractivity contribution is -0.116. The summed E-state index contributed by atoms with van der Waals surface area (Å²) < 4.78 is 5.12. The molecule has 136 valence electrons. The number of carbonyl (C=O) groups is 1. The van der Waals surface area contributed by atoms with Crippen molar-refractivity contribution in [2.75, 3.05) is 5.32 Å². The number of nitrogens with zero attached hydrogens (tertiary/aromatic N) is 4. The van der Waals surface area contributed by atoms with E-state index >= 15 is 0 Å². The van der Waals surface area contributed by atoms with E-state index in [4.69, 9.17) is 0 Å². The molecule has 1 amide bonds. The first kappa shape index (κ1) is 16.6. The molecule has 3 aromatic rings. The van der Waals surface area contributed by atoms with Crippen molar-refractivity contribution in [1.82, 2.24) is 18.9 Å². The molecule has 0 radical (unpaired) electrons. The number of hydrogen-bond acceptors (Lipinski definition) is 3. The topological polar surface area (TPSA) is 73.8 Å². The number of rotatable bonds is 5. The maximum atomic E-state index is 12.7. The van der Waals surface area contributed by atoms with Crippen LogP contribution in [0.25, 0.3) is 11.0 Å². The molecule has 0 saturated heterocycles. The van der Waals surface area contributed by atoms with Crippen LogP contribution in [0.4, 0.5) is 5.82 Å². The Kier molecular flexibility index (Phi) is 4.36. The molecule has 2 aromatic heterocycles. The fraction of sp³-hybridized carbons (Fsp3) is 0.421. The van der Waals surface area contributed by atoms with Gasteiger partial charge in [-0.05, 0) is 31.9 Å². The summed E-state index contributed by atoms with van der Waals surface area (Å²) in [6, 6.07) is 9.73. The average Bonchev–Trinajstić information content (AvgIpc) is 3.36. The van der Waals surface area contributed by atoms with Crippen molar-refractivity contribution >= 4 is 22.8 Å². The quantitative estimate of drug-likeness (QED) is 0.766. The summed E-state index contributed by atoms with van der Waals surface area (Å²) in [5, 5.41) is 7.30. The van der Waals surface area contributed by atoms with E-state index < -0.39 is 0 Å². The number of aromatic nitrogens is 4. The number of hydrogen-bond donors (Lipinski definition) is 1. The number of aryl methyl sites for hydroxylation is 1. The van der Waals surface area contributed by atoms with Gasteiger partial charge in [-0.15, -0.1) is 0 Å². The van der Waals surface area contributed by atoms with Crippen molar-refractivity contribution in [3.63, 3.8) is 0 Å². The fourth-order valence-corrected chi connectivity index (χ4v) is 3.91. The number of fused-ring (bicyclic) bond motifs is 1. The van der Waals surface area contributed by atoms with Gasteiger partial charge in [-0.2, -0.15) is 5.10 Å². The number of amides is 1. The van der Waals surface area contributed by atoms with Crippen molar-refractivity contribution in [2.45, 2.75) is 51.7 Å². The first-order valence-electron chi connectivity index (χ1n) is 9.20. The average molecular weight is 353 g/mol. The van der Waals surface area contributed by atoms with Gasteiger partial charge in [0.2, 0.25) is 5.91 Å². The van der Waals surface area contributed by atoms with Gasteiger partial charge in [-0.25, -0.2) is 9.48 Å². The molecular formula is C19H23N5O2. The Morgan fingerprint density at radius 2 is 1.85 bits per heavy atom. The van der Waals surface area contributed by atoms with Gasteiger partial charge in [0.1, 0.15) is 12.4 Å². The van der Waals surface area contributed by atoms with Gasteiger partial charge < -0.3 is 5.32 Å². The minimum atomic E-state index is -0.217. The van der Waals surface area contributed by atoms with Crippen LogP contribution in [0.15, 0.2) is 41.3 Å². The molecule has 1 aromatic carbocycles. The van der Waals surface area contributed by atoms with Gasteiger partial charge in [0, 0.05) is 12.6 Å². The molecule has 4 rings (SSSR count). The molecule has 26 heavy (non-hydrogen) atoms. The molecule has 1 fully saturated rings. The van der Waals surface area contributed by atoms with Crippen LogP contribution in [0.3, 0.4) is 0 Å². The van der Waals surface area contributed by atoms with Gasteiger partial charge in [0.15, 0.2) is 0 Å². The van der Waals surface area contributed by atoms with Gasteiger partial charge in [0.05, 0.1) is 23.3 Å². The molecule has 1 aliphatic carbocycles. The van der Waals surface area contributed by atoms with Crippen LogP contribution in [-0.4, -0.2) is 24.8 Å². The first-order chi connectivity index (χ1) is 12.7. The van der Waals surface area contributed by atoms with Crippen LogP contribution in [0.1, 0.15) is 38.6 Å². The largest absolute Gasteiger partial charge is 0.329 e. The molecule has 0 bridgehead atoms. The smallest absolute Gasteiger partial charge is 0.309 e. The maximum absolute atomic E-state index is 12.7. The molecule has 1 saturated carbocycles. The minimum absolute atomic E-state index is 0.0117. The van der Waals surface area contributed by atoms with Crippen molar-refractivity contribution in [3.05, 3.63) is 47.0 Å². The summed E-state index contributed by atoms with van der Waals surface area (Å²) in [5.41, 5.74) is 1.47. The Hall–Kier alpha value is -2.83. The standard InChI is InChI=1S/C19H23N5O2/c1-2-22-15-9-5-6-10-16(15)23(19(22)26)13-18(25)21-17-11-12-20-24(17)14-7-3-4-8-14/h5-6,9-12,14H,2-4,7-8,13H2,1H3,(H,21,25). The lowest BCUT2D eigenvalue weighted by Crippen LogP contribution is -2.29. The van der Waals surface area contributed by atoms with E-state index in [1.165, 1.54) is 17.4 Å². The molecule has 0 spiro atoms. The highest BCUT2D eigenvalue weighted by molar-refractivity contribution is 5.90. The number of nitrogens with one attached hydrogen (secondary N) is 1.